The predicted octanol–water partition coefficient (Wildman–Crippen LogP) is 2.32. The summed E-state index contributed by atoms with van der Waals surface area (Å²) < 4.78 is 0. The van der Waals surface area contributed by atoms with Crippen LogP contribution in [0.15, 0.2) is 0 Å². The van der Waals surface area contributed by atoms with Crippen molar-refractivity contribution in [3.8, 4) is 0 Å². The van der Waals surface area contributed by atoms with Gasteiger partial charge < -0.3 is 15.3 Å². The molecule has 4 atom stereocenters. The number of likely N-dealkylation sites (tertiary alicyclic amines) is 1. The zero-order valence-corrected chi connectivity index (χ0v) is 12.3. The number of carbonyl (C=O) groups is 2. The van der Waals surface area contributed by atoms with Gasteiger partial charge in [-0.3, -0.25) is 0 Å². The normalized spacial score (nSPS) is 26.6. The van der Waals surface area contributed by atoms with E-state index in [4.69, 9.17) is 0 Å². The number of carboxylic acids is 1. The summed E-state index contributed by atoms with van der Waals surface area (Å²) in [5.74, 6) is -0.548. The Hall–Kier alpha value is -1.26. The van der Waals surface area contributed by atoms with E-state index >= 15 is 0 Å². The average molecular weight is 270 g/mol. The Kier molecular flexibility index (Phi) is 5.63. The van der Waals surface area contributed by atoms with Gasteiger partial charge in [0.1, 0.15) is 6.04 Å². The first-order valence-corrected chi connectivity index (χ1v) is 7.16. The molecule has 4 unspecified atom stereocenters. The Morgan fingerprint density at radius 3 is 2.53 bits per heavy atom. The maximum atomic E-state index is 12.2. The van der Waals surface area contributed by atoms with E-state index in [1.165, 1.54) is 0 Å². The molecular weight excluding hydrogens is 244 g/mol. The van der Waals surface area contributed by atoms with Crippen LogP contribution >= 0.6 is 0 Å². The molecule has 0 aliphatic carbocycles. The number of piperidine rings is 1. The maximum Gasteiger partial charge on any atom is 0.326 e. The zero-order valence-electron chi connectivity index (χ0n) is 12.3. The van der Waals surface area contributed by atoms with Gasteiger partial charge in [0.25, 0.3) is 0 Å². The summed E-state index contributed by atoms with van der Waals surface area (Å²) >= 11 is 0. The SMILES string of the molecule is CCC(C)C(NC(=O)N1CC(C)CCC1C)C(=O)O. The van der Waals surface area contributed by atoms with Crippen LogP contribution in [0.4, 0.5) is 4.79 Å². The highest BCUT2D eigenvalue weighted by Gasteiger charge is 2.31. The van der Waals surface area contributed by atoms with Crippen LogP contribution in [0.1, 0.15) is 47.0 Å². The van der Waals surface area contributed by atoms with Gasteiger partial charge in [-0.25, -0.2) is 9.59 Å². The van der Waals surface area contributed by atoms with E-state index in [-0.39, 0.29) is 18.0 Å². The number of rotatable bonds is 4. The molecule has 1 aliphatic rings. The molecule has 0 saturated carbocycles. The second-order valence-corrected chi connectivity index (χ2v) is 5.83. The topological polar surface area (TPSA) is 69.6 Å². The van der Waals surface area contributed by atoms with E-state index in [1.54, 1.807) is 4.90 Å². The summed E-state index contributed by atoms with van der Waals surface area (Å²) in [6.07, 6.45) is 2.83. The fraction of sp³-hybridized carbons (Fsp3) is 0.857. The molecule has 2 N–H and O–H groups in total. The van der Waals surface area contributed by atoms with E-state index in [0.717, 1.165) is 19.3 Å². The first kappa shape index (κ1) is 15.8. The summed E-state index contributed by atoms with van der Waals surface area (Å²) in [4.78, 5) is 25.2. The average Bonchev–Trinajstić information content (AvgIpc) is 2.37. The van der Waals surface area contributed by atoms with Crippen molar-refractivity contribution in [2.75, 3.05) is 6.54 Å². The van der Waals surface area contributed by atoms with Crippen molar-refractivity contribution < 1.29 is 14.7 Å². The number of amides is 2. The molecule has 1 aliphatic heterocycles. The van der Waals surface area contributed by atoms with Gasteiger partial charge in [-0.05, 0) is 31.6 Å². The van der Waals surface area contributed by atoms with Gasteiger partial charge in [0.05, 0.1) is 0 Å². The number of carboxylic acid groups (broad SMARTS) is 1. The number of carbonyl (C=O) groups excluding carboxylic acids is 1. The molecular formula is C14H26N2O3. The molecule has 5 heteroatoms. The number of hydrogen-bond acceptors (Lipinski definition) is 2. The van der Waals surface area contributed by atoms with E-state index in [2.05, 4.69) is 12.2 Å². The van der Waals surface area contributed by atoms with Gasteiger partial charge in [0.2, 0.25) is 0 Å². The Morgan fingerprint density at radius 1 is 1.37 bits per heavy atom. The molecule has 1 fully saturated rings. The van der Waals surface area contributed by atoms with Gasteiger partial charge in [-0.2, -0.15) is 0 Å². The Bertz CT molecular complexity index is 333. The molecule has 19 heavy (non-hydrogen) atoms. The summed E-state index contributed by atoms with van der Waals surface area (Å²) in [6.45, 7) is 8.62. The minimum Gasteiger partial charge on any atom is -0.480 e. The third-order valence-electron chi connectivity index (χ3n) is 4.14. The Labute approximate surface area is 115 Å². The molecule has 0 bridgehead atoms. The van der Waals surface area contributed by atoms with Crippen LogP contribution in [-0.4, -0.2) is 40.6 Å². The number of urea groups is 1. The second kappa shape index (κ2) is 6.78. The van der Waals surface area contributed by atoms with Crippen LogP contribution in [0.2, 0.25) is 0 Å². The third-order valence-corrected chi connectivity index (χ3v) is 4.14. The summed E-state index contributed by atoms with van der Waals surface area (Å²) in [6, 6.07) is -0.865. The van der Waals surface area contributed by atoms with Crippen molar-refractivity contribution in [1.82, 2.24) is 10.2 Å². The standard InChI is InChI=1S/C14H26N2O3/c1-5-10(3)12(13(17)18)15-14(19)16-8-9(2)6-7-11(16)4/h9-12H,5-8H2,1-4H3,(H,15,19)(H,17,18). The van der Waals surface area contributed by atoms with Gasteiger partial charge in [0.15, 0.2) is 0 Å². The van der Waals surface area contributed by atoms with Gasteiger partial charge in [-0.15, -0.1) is 0 Å². The molecule has 0 aromatic rings. The lowest BCUT2D eigenvalue weighted by molar-refractivity contribution is -0.140. The minimum absolute atomic E-state index is 0.0704. The monoisotopic (exact) mass is 270 g/mol. The van der Waals surface area contributed by atoms with E-state index in [0.29, 0.717) is 12.5 Å². The van der Waals surface area contributed by atoms with Crippen LogP contribution in [0.5, 0.6) is 0 Å². The Balaban J connectivity index is 2.68. The van der Waals surface area contributed by atoms with E-state index in [1.807, 2.05) is 20.8 Å². The zero-order chi connectivity index (χ0) is 14.6. The number of hydrogen-bond donors (Lipinski definition) is 2. The fourth-order valence-electron chi connectivity index (χ4n) is 2.47. The fourth-order valence-corrected chi connectivity index (χ4v) is 2.47. The van der Waals surface area contributed by atoms with Crippen LogP contribution in [0.3, 0.4) is 0 Å². The van der Waals surface area contributed by atoms with Crippen LogP contribution in [0.25, 0.3) is 0 Å². The number of aliphatic carboxylic acids is 1. The van der Waals surface area contributed by atoms with Crippen molar-refractivity contribution >= 4 is 12.0 Å². The van der Waals surface area contributed by atoms with Crippen LogP contribution in [0, 0.1) is 11.8 Å². The first-order valence-electron chi connectivity index (χ1n) is 7.16. The highest BCUT2D eigenvalue weighted by atomic mass is 16.4. The molecule has 5 nitrogen and oxygen atoms in total. The number of nitrogens with one attached hydrogen (secondary N) is 1. The lowest BCUT2D eigenvalue weighted by Gasteiger charge is -2.37. The highest BCUT2D eigenvalue weighted by Crippen LogP contribution is 2.21. The molecule has 0 radical (unpaired) electrons. The van der Waals surface area contributed by atoms with Crippen molar-refractivity contribution in [3.63, 3.8) is 0 Å². The molecule has 0 aromatic heterocycles. The summed E-state index contributed by atoms with van der Waals surface area (Å²) in [5, 5.41) is 11.9. The van der Waals surface area contributed by atoms with Crippen molar-refractivity contribution in [3.05, 3.63) is 0 Å². The van der Waals surface area contributed by atoms with Gasteiger partial charge in [-0.1, -0.05) is 27.2 Å². The second-order valence-electron chi connectivity index (χ2n) is 5.83. The lowest BCUT2D eigenvalue weighted by atomic mass is 9.95. The largest absolute Gasteiger partial charge is 0.480 e. The minimum atomic E-state index is -0.958. The van der Waals surface area contributed by atoms with Crippen LogP contribution < -0.4 is 5.32 Å². The highest BCUT2D eigenvalue weighted by molar-refractivity contribution is 5.83. The van der Waals surface area contributed by atoms with Crippen molar-refractivity contribution in [1.29, 1.82) is 0 Å². The lowest BCUT2D eigenvalue weighted by Crippen LogP contribution is -2.55. The summed E-state index contributed by atoms with van der Waals surface area (Å²) in [7, 11) is 0. The predicted molar refractivity (Wildman–Crippen MR) is 74.0 cm³/mol. The van der Waals surface area contributed by atoms with Crippen molar-refractivity contribution in [2.24, 2.45) is 11.8 Å². The third kappa shape index (κ3) is 4.11. The molecule has 0 aromatic carbocycles. The maximum absolute atomic E-state index is 12.2. The van der Waals surface area contributed by atoms with Crippen molar-refractivity contribution in [2.45, 2.75) is 59.0 Å². The van der Waals surface area contributed by atoms with Gasteiger partial charge >= 0.3 is 12.0 Å². The van der Waals surface area contributed by atoms with Gasteiger partial charge in [0, 0.05) is 12.6 Å². The molecule has 1 rings (SSSR count). The molecule has 0 spiro atoms. The molecule has 2 amide bonds. The first-order chi connectivity index (χ1) is 8.86. The summed E-state index contributed by atoms with van der Waals surface area (Å²) in [5.41, 5.74) is 0. The smallest absolute Gasteiger partial charge is 0.326 e. The molecule has 110 valence electrons. The molecule has 1 heterocycles. The van der Waals surface area contributed by atoms with E-state index in [9.17, 15) is 14.7 Å². The number of nitrogens with zero attached hydrogens (tertiary/aromatic N) is 1. The van der Waals surface area contributed by atoms with Crippen LogP contribution in [-0.2, 0) is 4.79 Å². The molecule has 1 saturated heterocycles. The Morgan fingerprint density at radius 2 is 2.00 bits per heavy atom. The quantitative estimate of drug-likeness (QED) is 0.823. The van der Waals surface area contributed by atoms with E-state index < -0.39 is 12.0 Å².